The van der Waals surface area contributed by atoms with E-state index in [9.17, 15) is 4.79 Å². The van der Waals surface area contributed by atoms with Crippen LogP contribution in [0.2, 0.25) is 0 Å². The molecule has 1 aliphatic heterocycles. The number of nitrogens with zero attached hydrogens (tertiary/aromatic N) is 1. The molecule has 1 aromatic rings. The number of rotatable bonds is 0. The molecule has 4 nitrogen and oxygen atoms in total. The molecule has 1 fully saturated rings. The van der Waals surface area contributed by atoms with E-state index in [1.165, 1.54) is 11.3 Å². The summed E-state index contributed by atoms with van der Waals surface area (Å²) in [5.41, 5.74) is 1.94. The van der Waals surface area contributed by atoms with Gasteiger partial charge in [0.2, 0.25) is 0 Å². The van der Waals surface area contributed by atoms with E-state index in [-0.39, 0.29) is 11.6 Å². The molecule has 19 heavy (non-hydrogen) atoms. The van der Waals surface area contributed by atoms with Gasteiger partial charge in [-0.05, 0) is 49.5 Å². The second-order valence-corrected chi connectivity index (χ2v) is 7.26. The largest absolute Gasteiger partial charge is 0.444 e. The van der Waals surface area contributed by atoms with Crippen molar-refractivity contribution in [2.75, 3.05) is 6.54 Å². The summed E-state index contributed by atoms with van der Waals surface area (Å²) < 4.78 is 6.62. The average Bonchev–Trinajstić information content (AvgIpc) is 2.94. The first-order valence-corrected chi connectivity index (χ1v) is 7.50. The maximum absolute atomic E-state index is 12.4. The van der Waals surface area contributed by atoms with Gasteiger partial charge in [-0.1, -0.05) is 0 Å². The standard InChI is InChI=1S/C14H19BrN2O2/c1-13(2,3)19-12(18)17-7-4-10-11(9(15)8-16-10)14(17)5-6-14/h8,16H,4-7H2,1-3H3. The van der Waals surface area contributed by atoms with Crippen molar-refractivity contribution < 1.29 is 9.53 Å². The second kappa shape index (κ2) is 4.01. The molecule has 2 heterocycles. The number of amides is 1. The van der Waals surface area contributed by atoms with E-state index in [1.54, 1.807) is 0 Å². The second-order valence-electron chi connectivity index (χ2n) is 6.40. The Balaban J connectivity index is 1.90. The Morgan fingerprint density at radius 3 is 2.74 bits per heavy atom. The van der Waals surface area contributed by atoms with E-state index in [0.29, 0.717) is 0 Å². The van der Waals surface area contributed by atoms with Crippen molar-refractivity contribution in [2.45, 2.75) is 51.2 Å². The van der Waals surface area contributed by atoms with Gasteiger partial charge in [0.05, 0.1) is 5.54 Å². The number of fused-ring (bicyclic) bond motifs is 2. The quantitative estimate of drug-likeness (QED) is 0.792. The highest BCUT2D eigenvalue weighted by molar-refractivity contribution is 9.10. The van der Waals surface area contributed by atoms with Crippen LogP contribution in [0.1, 0.15) is 44.9 Å². The van der Waals surface area contributed by atoms with Crippen LogP contribution in [-0.2, 0) is 16.7 Å². The summed E-state index contributed by atoms with van der Waals surface area (Å²) in [7, 11) is 0. The van der Waals surface area contributed by atoms with Gasteiger partial charge in [-0.25, -0.2) is 4.79 Å². The van der Waals surface area contributed by atoms with Crippen LogP contribution in [0.4, 0.5) is 4.79 Å². The predicted molar refractivity (Wildman–Crippen MR) is 76.0 cm³/mol. The molecule has 0 radical (unpaired) electrons. The average molecular weight is 327 g/mol. The molecule has 2 aliphatic rings. The molecular formula is C14H19BrN2O2. The Kier molecular flexibility index (Phi) is 2.75. The summed E-state index contributed by atoms with van der Waals surface area (Å²) in [6, 6.07) is 0. The SMILES string of the molecule is CC(C)(C)OC(=O)N1CCc2[nH]cc(Br)c2C12CC2. The first-order valence-electron chi connectivity index (χ1n) is 6.70. The first kappa shape index (κ1) is 13.0. The van der Waals surface area contributed by atoms with Crippen LogP contribution in [0.25, 0.3) is 0 Å². The lowest BCUT2D eigenvalue weighted by molar-refractivity contribution is 0.0103. The van der Waals surface area contributed by atoms with Gasteiger partial charge in [0.15, 0.2) is 0 Å². The summed E-state index contributed by atoms with van der Waals surface area (Å²) in [6.07, 6.45) is 4.69. The number of carbonyl (C=O) groups excluding carboxylic acids is 1. The van der Waals surface area contributed by atoms with Crippen molar-refractivity contribution in [3.8, 4) is 0 Å². The van der Waals surface area contributed by atoms with Crippen LogP contribution in [-0.4, -0.2) is 28.1 Å². The van der Waals surface area contributed by atoms with Gasteiger partial charge in [0.1, 0.15) is 5.60 Å². The Morgan fingerprint density at radius 2 is 2.16 bits per heavy atom. The number of nitrogens with one attached hydrogen (secondary N) is 1. The highest BCUT2D eigenvalue weighted by Gasteiger charge is 2.56. The molecule has 1 spiro atoms. The molecule has 0 atom stereocenters. The molecule has 1 N–H and O–H groups in total. The summed E-state index contributed by atoms with van der Waals surface area (Å²) in [6.45, 7) is 6.46. The Morgan fingerprint density at radius 1 is 1.47 bits per heavy atom. The molecule has 1 aromatic heterocycles. The van der Waals surface area contributed by atoms with Gasteiger partial charge in [-0.2, -0.15) is 0 Å². The number of hydrogen-bond acceptors (Lipinski definition) is 2. The lowest BCUT2D eigenvalue weighted by Gasteiger charge is -2.37. The Labute approximate surface area is 121 Å². The number of ether oxygens (including phenoxy) is 1. The molecule has 0 saturated heterocycles. The van der Waals surface area contributed by atoms with Crippen molar-refractivity contribution >= 4 is 22.0 Å². The highest BCUT2D eigenvalue weighted by Crippen LogP contribution is 2.56. The molecule has 104 valence electrons. The zero-order valence-electron chi connectivity index (χ0n) is 11.5. The number of halogens is 1. The van der Waals surface area contributed by atoms with Crippen molar-refractivity contribution in [1.82, 2.24) is 9.88 Å². The van der Waals surface area contributed by atoms with Crippen LogP contribution in [0.5, 0.6) is 0 Å². The van der Waals surface area contributed by atoms with Crippen molar-refractivity contribution in [2.24, 2.45) is 0 Å². The Bertz CT molecular complexity index is 526. The monoisotopic (exact) mass is 326 g/mol. The van der Waals surface area contributed by atoms with Gasteiger partial charge >= 0.3 is 6.09 Å². The number of H-pyrrole nitrogens is 1. The highest BCUT2D eigenvalue weighted by atomic mass is 79.9. The van der Waals surface area contributed by atoms with Crippen molar-refractivity contribution in [3.05, 3.63) is 21.9 Å². The minimum Gasteiger partial charge on any atom is -0.444 e. The smallest absolute Gasteiger partial charge is 0.411 e. The van der Waals surface area contributed by atoms with E-state index in [1.807, 2.05) is 31.9 Å². The predicted octanol–water partition coefficient (Wildman–Crippen LogP) is 3.56. The van der Waals surface area contributed by atoms with Gasteiger partial charge in [0, 0.05) is 34.9 Å². The van der Waals surface area contributed by atoms with Crippen LogP contribution in [0.15, 0.2) is 10.7 Å². The lowest BCUT2D eigenvalue weighted by Crippen LogP contribution is -2.47. The van der Waals surface area contributed by atoms with Crippen molar-refractivity contribution in [3.63, 3.8) is 0 Å². The summed E-state index contributed by atoms with van der Waals surface area (Å²) in [5.74, 6) is 0. The molecule has 1 aliphatic carbocycles. The fourth-order valence-electron chi connectivity index (χ4n) is 2.93. The van der Waals surface area contributed by atoms with Gasteiger partial charge in [0.25, 0.3) is 0 Å². The van der Waals surface area contributed by atoms with E-state index >= 15 is 0 Å². The molecule has 1 saturated carbocycles. The van der Waals surface area contributed by atoms with E-state index < -0.39 is 5.60 Å². The molecule has 5 heteroatoms. The minimum absolute atomic E-state index is 0.130. The molecule has 0 bridgehead atoms. The first-order chi connectivity index (χ1) is 8.83. The third kappa shape index (κ3) is 2.08. The van der Waals surface area contributed by atoms with Crippen LogP contribution in [0, 0.1) is 0 Å². The van der Waals surface area contributed by atoms with Gasteiger partial charge in [-0.15, -0.1) is 0 Å². The minimum atomic E-state index is -0.442. The van der Waals surface area contributed by atoms with Gasteiger partial charge in [-0.3, -0.25) is 4.90 Å². The number of aromatic nitrogens is 1. The molecule has 0 unspecified atom stereocenters. The van der Waals surface area contributed by atoms with Crippen LogP contribution < -0.4 is 0 Å². The maximum Gasteiger partial charge on any atom is 0.411 e. The maximum atomic E-state index is 12.4. The normalized spacial score (nSPS) is 20.3. The lowest BCUT2D eigenvalue weighted by atomic mass is 9.97. The molecular weight excluding hydrogens is 308 g/mol. The molecule has 3 rings (SSSR count). The van der Waals surface area contributed by atoms with E-state index in [4.69, 9.17) is 4.74 Å². The van der Waals surface area contributed by atoms with Gasteiger partial charge < -0.3 is 9.72 Å². The summed E-state index contributed by atoms with van der Waals surface area (Å²) in [4.78, 5) is 17.6. The van der Waals surface area contributed by atoms with E-state index in [0.717, 1.165) is 30.3 Å². The zero-order valence-corrected chi connectivity index (χ0v) is 13.1. The Hall–Kier alpha value is -0.970. The molecule has 0 aromatic carbocycles. The zero-order chi connectivity index (χ0) is 13.8. The number of aromatic amines is 1. The van der Waals surface area contributed by atoms with Crippen molar-refractivity contribution in [1.29, 1.82) is 0 Å². The number of carbonyl (C=O) groups is 1. The van der Waals surface area contributed by atoms with Crippen LogP contribution in [0.3, 0.4) is 0 Å². The van der Waals surface area contributed by atoms with Crippen LogP contribution >= 0.6 is 15.9 Å². The fourth-order valence-corrected chi connectivity index (χ4v) is 3.66. The van der Waals surface area contributed by atoms with E-state index in [2.05, 4.69) is 20.9 Å². The number of hydrogen-bond donors (Lipinski definition) is 1. The topological polar surface area (TPSA) is 45.3 Å². The molecule has 1 amide bonds. The summed E-state index contributed by atoms with van der Waals surface area (Å²) in [5, 5.41) is 0. The summed E-state index contributed by atoms with van der Waals surface area (Å²) >= 11 is 3.60. The third-order valence-electron chi connectivity index (χ3n) is 3.82. The fraction of sp³-hybridized carbons (Fsp3) is 0.643. The third-order valence-corrected chi connectivity index (χ3v) is 4.44.